The number of hydrogen-bond donors (Lipinski definition) is 0. The van der Waals surface area contributed by atoms with Crippen LogP contribution in [-0.2, 0) is 28.6 Å². The van der Waals surface area contributed by atoms with Gasteiger partial charge in [-0.3, -0.25) is 14.4 Å². The Balaban J connectivity index is 4.03. The molecule has 6 heteroatoms. The fourth-order valence-corrected chi connectivity index (χ4v) is 11.3. The summed E-state index contributed by atoms with van der Waals surface area (Å²) in [5.74, 6) is -0.834. The van der Waals surface area contributed by atoms with Gasteiger partial charge in [0.25, 0.3) is 0 Å². The van der Waals surface area contributed by atoms with E-state index in [1.807, 2.05) is 0 Å². The van der Waals surface area contributed by atoms with E-state index < -0.39 is 6.10 Å². The predicted octanol–water partition coefficient (Wildman–Crippen LogP) is 24.8. The molecule has 79 heavy (non-hydrogen) atoms. The third-order valence-corrected chi connectivity index (χ3v) is 16.8. The van der Waals surface area contributed by atoms with Gasteiger partial charge in [-0.15, -0.1) is 0 Å². The lowest BCUT2D eigenvalue weighted by atomic mass is 10.0. The summed E-state index contributed by atoms with van der Waals surface area (Å²) < 4.78 is 16.9. The van der Waals surface area contributed by atoms with Gasteiger partial charge in [0, 0.05) is 19.3 Å². The maximum absolute atomic E-state index is 12.9. The number of ether oxygens (including phenoxy) is 3. The molecular weight excluding hydrogens is 973 g/mol. The Kier molecular flexibility index (Phi) is 67.0. The molecule has 468 valence electrons. The summed E-state index contributed by atoms with van der Waals surface area (Å²) >= 11 is 0. The van der Waals surface area contributed by atoms with Gasteiger partial charge in [0.15, 0.2) is 6.10 Å². The van der Waals surface area contributed by atoms with Crippen molar-refractivity contribution in [2.24, 2.45) is 0 Å². The van der Waals surface area contributed by atoms with Crippen molar-refractivity contribution in [3.05, 3.63) is 12.2 Å². The Morgan fingerprint density at radius 2 is 0.418 bits per heavy atom. The molecule has 0 amide bonds. The number of esters is 3. The molecule has 0 N–H and O–H groups in total. The second-order valence-electron chi connectivity index (χ2n) is 24.9. The minimum atomic E-state index is -0.764. The summed E-state index contributed by atoms with van der Waals surface area (Å²) in [6.45, 7) is 6.70. The fraction of sp³-hybridized carbons (Fsp3) is 0.932. The van der Waals surface area contributed by atoms with Gasteiger partial charge in [0.2, 0.25) is 0 Å². The van der Waals surface area contributed by atoms with E-state index in [1.54, 1.807) is 0 Å². The molecule has 0 fully saturated rings. The Hall–Kier alpha value is -1.85. The SMILES string of the molecule is CCCCCCCCCC/C=C\CCCCCCCCCCCCCCCCCC(=O)OCC(COC(=O)CCCCCCCCCC)OC(=O)CCCCCCCCCCCCCCCCCCCCCCCCCCCC. The lowest BCUT2D eigenvalue weighted by Crippen LogP contribution is -2.30. The van der Waals surface area contributed by atoms with Crippen LogP contribution < -0.4 is 0 Å². The van der Waals surface area contributed by atoms with Crippen molar-refractivity contribution in [3.63, 3.8) is 0 Å². The van der Waals surface area contributed by atoms with E-state index in [4.69, 9.17) is 14.2 Å². The summed E-state index contributed by atoms with van der Waals surface area (Å²) in [4.78, 5) is 38.3. The molecule has 1 atom stereocenters. The van der Waals surface area contributed by atoms with Crippen molar-refractivity contribution in [3.8, 4) is 0 Å². The number of carbonyl (C=O) groups excluding carboxylic acids is 3. The van der Waals surface area contributed by atoms with Gasteiger partial charge < -0.3 is 14.2 Å². The average Bonchev–Trinajstić information content (AvgIpc) is 3.45. The lowest BCUT2D eigenvalue weighted by Gasteiger charge is -2.18. The first-order valence-electron chi connectivity index (χ1n) is 36.2. The normalized spacial score (nSPS) is 12.0. The maximum atomic E-state index is 12.9. The molecule has 0 aromatic heterocycles. The minimum absolute atomic E-state index is 0.0631. The minimum Gasteiger partial charge on any atom is -0.462 e. The molecule has 0 aromatic carbocycles. The maximum Gasteiger partial charge on any atom is 0.306 e. The van der Waals surface area contributed by atoms with Crippen molar-refractivity contribution in [2.45, 2.75) is 425 Å². The first kappa shape index (κ1) is 77.2. The first-order chi connectivity index (χ1) is 39.0. The molecule has 0 radical (unpaired) electrons. The monoisotopic (exact) mass is 1110 g/mol. The molecule has 0 bridgehead atoms. The van der Waals surface area contributed by atoms with Crippen molar-refractivity contribution < 1.29 is 28.6 Å². The molecular formula is C73H140O6. The van der Waals surface area contributed by atoms with Crippen molar-refractivity contribution in [2.75, 3.05) is 13.2 Å². The van der Waals surface area contributed by atoms with E-state index in [0.717, 1.165) is 57.8 Å². The van der Waals surface area contributed by atoms with Crippen LogP contribution in [0.25, 0.3) is 0 Å². The predicted molar refractivity (Wildman–Crippen MR) is 344 cm³/mol. The standard InChI is InChI=1S/C73H140O6/c1-4-7-10-13-16-19-21-23-25-27-29-31-33-35-37-39-40-42-44-46-48-50-52-54-57-60-63-66-72(75)78-69-70(68-77-71(74)65-62-59-56-18-15-12-9-6-3)79-73(76)67-64-61-58-55-53-51-49-47-45-43-41-38-36-34-32-30-28-26-24-22-20-17-14-11-8-5-2/h27,29,70H,4-26,28,30-69H2,1-3H3/b29-27-. The molecule has 0 heterocycles. The molecule has 0 saturated carbocycles. The van der Waals surface area contributed by atoms with Crippen LogP contribution in [0.3, 0.4) is 0 Å². The van der Waals surface area contributed by atoms with Gasteiger partial charge in [-0.2, -0.15) is 0 Å². The van der Waals surface area contributed by atoms with Crippen molar-refractivity contribution in [1.29, 1.82) is 0 Å². The highest BCUT2D eigenvalue weighted by atomic mass is 16.6. The largest absolute Gasteiger partial charge is 0.462 e. The molecule has 1 unspecified atom stereocenters. The smallest absolute Gasteiger partial charge is 0.306 e. The first-order valence-corrected chi connectivity index (χ1v) is 36.2. The van der Waals surface area contributed by atoms with Crippen LogP contribution in [0.5, 0.6) is 0 Å². The number of unbranched alkanes of at least 4 members (excludes halogenated alkanes) is 55. The fourth-order valence-electron chi connectivity index (χ4n) is 11.3. The van der Waals surface area contributed by atoms with E-state index in [1.165, 1.54) is 321 Å². The molecule has 0 aliphatic rings. The van der Waals surface area contributed by atoms with Gasteiger partial charge >= 0.3 is 17.9 Å². The average molecular weight is 1110 g/mol. The van der Waals surface area contributed by atoms with E-state index >= 15 is 0 Å². The number of hydrogen-bond acceptors (Lipinski definition) is 6. The van der Waals surface area contributed by atoms with Crippen LogP contribution >= 0.6 is 0 Å². The summed E-state index contributed by atoms with van der Waals surface area (Å²) in [5, 5.41) is 0. The van der Waals surface area contributed by atoms with Crippen LogP contribution in [0.2, 0.25) is 0 Å². The molecule has 0 spiro atoms. The Bertz CT molecular complexity index is 1230. The Morgan fingerprint density at radius 1 is 0.241 bits per heavy atom. The molecule has 6 nitrogen and oxygen atoms in total. The second kappa shape index (κ2) is 68.6. The zero-order valence-corrected chi connectivity index (χ0v) is 53.9. The summed E-state index contributed by atoms with van der Waals surface area (Å²) in [5.41, 5.74) is 0. The van der Waals surface area contributed by atoms with Gasteiger partial charge in [0.05, 0.1) is 0 Å². The lowest BCUT2D eigenvalue weighted by molar-refractivity contribution is -0.167. The topological polar surface area (TPSA) is 78.9 Å². The third-order valence-electron chi connectivity index (χ3n) is 16.8. The van der Waals surface area contributed by atoms with E-state index in [9.17, 15) is 14.4 Å². The van der Waals surface area contributed by atoms with Crippen LogP contribution in [0.4, 0.5) is 0 Å². The van der Waals surface area contributed by atoms with Crippen LogP contribution in [0, 0.1) is 0 Å². The number of rotatable bonds is 68. The highest BCUT2D eigenvalue weighted by Gasteiger charge is 2.19. The van der Waals surface area contributed by atoms with Crippen molar-refractivity contribution in [1.82, 2.24) is 0 Å². The summed E-state index contributed by atoms with van der Waals surface area (Å²) in [6, 6.07) is 0. The summed E-state index contributed by atoms with van der Waals surface area (Å²) in [6.07, 6.45) is 82.8. The zero-order valence-electron chi connectivity index (χ0n) is 53.9. The van der Waals surface area contributed by atoms with Gasteiger partial charge in [-0.05, 0) is 44.9 Å². The van der Waals surface area contributed by atoms with Crippen LogP contribution in [-0.4, -0.2) is 37.2 Å². The highest BCUT2D eigenvalue weighted by Crippen LogP contribution is 2.19. The molecule has 0 aliphatic heterocycles. The zero-order chi connectivity index (χ0) is 57.1. The quantitative estimate of drug-likeness (QED) is 0.0261. The van der Waals surface area contributed by atoms with Gasteiger partial charge in [-0.25, -0.2) is 0 Å². The molecule has 0 aliphatic carbocycles. The Labute approximate surface area is 494 Å². The van der Waals surface area contributed by atoms with E-state index in [-0.39, 0.29) is 31.1 Å². The van der Waals surface area contributed by atoms with Crippen LogP contribution in [0.1, 0.15) is 419 Å². The number of allylic oxidation sites excluding steroid dienone is 2. The van der Waals surface area contributed by atoms with Gasteiger partial charge in [-0.1, -0.05) is 367 Å². The molecule has 0 saturated heterocycles. The summed E-state index contributed by atoms with van der Waals surface area (Å²) in [7, 11) is 0. The van der Waals surface area contributed by atoms with Gasteiger partial charge in [0.1, 0.15) is 13.2 Å². The Morgan fingerprint density at radius 3 is 0.633 bits per heavy atom. The highest BCUT2D eigenvalue weighted by molar-refractivity contribution is 5.71. The van der Waals surface area contributed by atoms with E-state index in [0.29, 0.717) is 19.3 Å². The second-order valence-corrected chi connectivity index (χ2v) is 24.9. The third kappa shape index (κ3) is 66.8. The van der Waals surface area contributed by atoms with Crippen molar-refractivity contribution >= 4 is 17.9 Å². The van der Waals surface area contributed by atoms with E-state index in [2.05, 4.69) is 32.9 Å². The number of carbonyl (C=O) groups is 3. The molecule has 0 aromatic rings. The van der Waals surface area contributed by atoms with Crippen LogP contribution in [0.15, 0.2) is 12.2 Å². The molecule has 0 rings (SSSR count).